The standard InChI is InChI=1S/C13H19ClO/c1-13(2,3)7-8-15-12-6-4-5-11(9-12)10-14/h4-6,9H,7-8,10H2,1-3H3. The molecule has 1 aromatic rings. The summed E-state index contributed by atoms with van der Waals surface area (Å²) in [6.45, 7) is 7.40. The molecule has 0 N–H and O–H groups in total. The molecule has 15 heavy (non-hydrogen) atoms. The number of ether oxygens (including phenoxy) is 1. The smallest absolute Gasteiger partial charge is 0.119 e. The Morgan fingerprint density at radius 1 is 1.27 bits per heavy atom. The first-order valence-corrected chi connectivity index (χ1v) is 5.82. The summed E-state index contributed by atoms with van der Waals surface area (Å²) in [4.78, 5) is 0. The molecule has 1 rings (SSSR count). The monoisotopic (exact) mass is 226 g/mol. The summed E-state index contributed by atoms with van der Waals surface area (Å²) in [6, 6.07) is 7.95. The number of alkyl halides is 1. The lowest BCUT2D eigenvalue weighted by Gasteiger charge is -2.18. The van der Waals surface area contributed by atoms with E-state index in [9.17, 15) is 0 Å². The highest BCUT2D eigenvalue weighted by Gasteiger charge is 2.09. The third-order valence-electron chi connectivity index (χ3n) is 2.17. The van der Waals surface area contributed by atoms with Crippen molar-refractivity contribution in [1.29, 1.82) is 0 Å². The van der Waals surface area contributed by atoms with Crippen LogP contribution in [-0.4, -0.2) is 6.61 Å². The SMILES string of the molecule is CC(C)(C)CCOc1cccc(CCl)c1. The van der Waals surface area contributed by atoms with Crippen molar-refractivity contribution < 1.29 is 4.74 Å². The van der Waals surface area contributed by atoms with Gasteiger partial charge < -0.3 is 4.74 Å². The van der Waals surface area contributed by atoms with Gasteiger partial charge in [-0.3, -0.25) is 0 Å². The maximum absolute atomic E-state index is 5.75. The van der Waals surface area contributed by atoms with E-state index in [-0.39, 0.29) is 0 Å². The molecule has 0 aliphatic heterocycles. The van der Waals surface area contributed by atoms with Gasteiger partial charge in [0.1, 0.15) is 5.75 Å². The maximum atomic E-state index is 5.75. The van der Waals surface area contributed by atoms with E-state index in [1.54, 1.807) is 0 Å². The fraction of sp³-hybridized carbons (Fsp3) is 0.538. The van der Waals surface area contributed by atoms with Gasteiger partial charge in [-0.2, -0.15) is 0 Å². The summed E-state index contributed by atoms with van der Waals surface area (Å²) >= 11 is 5.75. The Morgan fingerprint density at radius 3 is 2.60 bits per heavy atom. The van der Waals surface area contributed by atoms with Gasteiger partial charge in [-0.1, -0.05) is 32.9 Å². The number of benzene rings is 1. The molecule has 0 spiro atoms. The number of rotatable bonds is 4. The van der Waals surface area contributed by atoms with Gasteiger partial charge in [-0.05, 0) is 29.5 Å². The molecule has 0 bridgehead atoms. The van der Waals surface area contributed by atoms with Crippen LogP contribution < -0.4 is 4.74 Å². The highest BCUT2D eigenvalue weighted by atomic mass is 35.5. The lowest BCUT2D eigenvalue weighted by molar-refractivity contribution is 0.243. The van der Waals surface area contributed by atoms with Crippen molar-refractivity contribution in [2.75, 3.05) is 6.61 Å². The molecule has 0 heterocycles. The Bertz CT molecular complexity index is 302. The molecule has 0 amide bonds. The van der Waals surface area contributed by atoms with Crippen LogP contribution >= 0.6 is 11.6 Å². The minimum atomic E-state index is 0.324. The topological polar surface area (TPSA) is 9.23 Å². The molecule has 1 nitrogen and oxygen atoms in total. The molecule has 84 valence electrons. The van der Waals surface area contributed by atoms with E-state index in [1.165, 1.54) is 0 Å². The van der Waals surface area contributed by atoms with E-state index in [1.807, 2.05) is 24.3 Å². The average molecular weight is 227 g/mol. The van der Waals surface area contributed by atoms with Gasteiger partial charge >= 0.3 is 0 Å². The van der Waals surface area contributed by atoms with Gasteiger partial charge in [0, 0.05) is 5.88 Å². The van der Waals surface area contributed by atoms with Gasteiger partial charge in [-0.25, -0.2) is 0 Å². The zero-order valence-corrected chi connectivity index (χ0v) is 10.5. The molecule has 0 aliphatic rings. The zero-order chi connectivity index (χ0) is 11.3. The summed E-state index contributed by atoms with van der Waals surface area (Å²) < 4.78 is 5.67. The Hall–Kier alpha value is -0.690. The van der Waals surface area contributed by atoms with Gasteiger partial charge in [0.25, 0.3) is 0 Å². The molecule has 2 heteroatoms. The summed E-state index contributed by atoms with van der Waals surface area (Å²) in [5.41, 5.74) is 1.43. The first-order chi connectivity index (χ1) is 7.01. The second-order valence-corrected chi connectivity index (χ2v) is 5.21. The van der Waals surface area contributed by atoms with E-state index < -0.39 is 0 Å². The largest absolute Gasteiger partial charge is 0.494 e. The Kier molecular flexibility index (Phi) is 4.46. The summed E-state index contributed by atoms with van der Waals surface area (Å²) in [5, 5.41) is 0. The van der Waals surface area contributed by atoms with Crippen LogP contribution in [0.2, 0.25) is 0 Å². The predicted octanol–water partition coefficient (Wildman–Crippen LogP) is 4.24. The molecule has 0 unspecified atom stereocenters. The van der Waals surface area contributed by atoms with E-state index >= 15 is 0 Å². The lowest BCUT2D eigenvalue weighted by Crippen LogP contribution is -2.11. The third kappa shape index (κ3) is 5.08. The summed E-state index contributed by atoms with van der Waals surface area (Å²) in [7, 11) is 0. The van der Waals surface area contributed by atoms with Crippen LogP contribution in [0.5, 0.6) is 5.75 Å². The quantitative estimate of drug-likeness (QED) is 0.698. The van der Waals surface area contributed by atoms with Gasteiger partial charge in [0.2, 0.25) is 0 Å². The molecule has 0 saturated heterocycles. The number of hydrogen-bond acceptors (Lipinski definition) is 1. The van der Waals surface area contributed by atoms with Crippen LogP contribution in [0, 0.1) is 5.41 Å². The molecule has 0 aliphatic carbocycles. The molecule has 0 atom stereocenters. The fourth-order valence-electron chi connectivity index (χ4n) is 1.19. The van der Waals surface area contributed by atoms with Crippen LogP contribution in [0.15, 0.2) is 24.3 Å². The minimum Gasteiger partial charge on any atom is -0.494 e. The van der Waals surface area contributed by atoms with Gasteiger partial charge in [0.15, 0.2) is 0 Å². The van der Waals surface area contributed by atoms with Crippen LogP contribution in [0.3, 0.4) is 0 Å². The minimum absolute atomic E-state index is 0.324. The van der Waals surface area contributed by atoms with Crippen LogP contribution in [0.1, 0.15) is 32.8 Å². The third-order valence-corrected chi connectivity index (χ3v) is 2.48. The van der Waals surface area contributed by atoms with E-state index in [4.69, 9.17) is 16.3 Å². The van der Waals surface area contributed by atoms with Gasteiger partial charge in [-0.15, -0.1) is 11.6 Å². The highest BCUT2D eigenvalue weighted by Crippen LogP contribution is 2.20. The lowest BCUT2D eigenvalue weighted by atomic mass is 9.93. The molecule has 0 fully saturated rings. The maximum Gasteiger partial charge on any atom is 0.119 e. The molecule has 0 radical (unpaired) electrons. The van der Waals surface area contributed by atoms with Crippen molar-refractivity contribution in [2.24, 2.45) is 5.41 Å². The average Bonchev–Trinajstić information content (AvgIpc) is 2.16. The Morgan fingerprint density at radius 2 is 2.00 bits per heavy atom. The molecule has 0 saturated carbocycles. The van der Waals surface area contributed by atoms with Crippen LogP contribution in [-0.2, 0) is 5.88 Å². The molecule has 0 aromatic heterocycles. The van der Waals surface area contributed by atoms with Gasteiger partial charge in [0.05, 0.1) is 6.61 Å². The van der Waals surface area contributed by atoms with Crippen molar-refractivity contribution >= 4 is 11.6 Å². The molecular formula is C13H19ClO. The predicted molar refractivity (Wildman–Crippen MR) is 65.6 cm³/mol. The summed E-state index contributed by atoms with van der Waals surface area (Å²) in [6.07, 6.45) is 1.05. The van der Waals surface area contributed by atoms with Crippen molar-refractivity contribution in [3.8, 4) is 5.75 Å². The first kappa shape index (κ1) is 12.4. The highest BCUT2D eigenvalue weighted by molar-refractivity contribution is 6.17. The van der Waals surface area contributed by atoms with Crippen LogP contribution in [0.4, 0.5) is 0 Å². The Balaban J connectivity index is 2.44. The Labute approximate surface area is 97.4 Å². The van der Waals surface area contributed by atoms with Crippen LogP contribution in [0.25, 0.3) is 0 Å². The van der Waals surface area contributed by atoms with Crippen molar-refractivity contribution in [3.05, 3.63) is 29.8 Å². The number of hydrogen-bond donors (Lipinski definition) is 0. The fourth-order valence-corrected chi connectivity index (χ4v) is 1.36. The second-order valence-electron chi connectivity index (χ2n) is 4.94. The zero-order valence-electron chi connectivity index (χ0n) is 9.72. The number of halogens is 1. The molecular weight excluding hydrogens is 208 g/mol. The summed E-state index contributed by atoms with van der Waals surface area (Å²) in [5.74, 6) is 1.45. The second kappa shape index (κ2) is 5.41. The first-order valence-electron chi connectivity index (χ1n) is 5.29. The molecule has 1 aromatic carbocycles. The van der Waals surface area contributed by atoms with Crippen molar-refractivity contribution in [1.82, 2.24) is 0 Å². The van der Waals surface area contributed by atoms with E-state index in [0.29, 0.717) is 11.3 Å². The normalized spacial score (nSPS) is 11.5. The van der Waals surface area contributed by atoms with Crippen molar-refractivity contribution in [2.45, 2.75) is 33.1 Å². The van der Waals surface area contributed by atoms with Crippen molar-refractivity contribution in [3.63, 3.8) is 0 Å². The van der Waals surface area contributed by atoms with E-state index in [2.05, 4.69) is 20.8 Å². The van der Waals surface area contributed by atoms with E-state index in [0.717, 1.165) is 24.3 Å².